The van der Waals surface area contributed by atoms with E-state index in [2.05, 4.69) is 9.72 Å². The second-order valence-corrected chi connectivity index (χ2v) is 5.24. The third-order valence-corrected chi connectivity index (χ3v) is 3.44. The molecule has 1 aromatic heterocycles. The van der Waals surface area contributed by atoms with Gasteiger partial charge in [-0.15, -0.1) is 13.2 Å². The molecule has 0 aliphatic carbocycles. The predicted octanol–water partition coefficient (Wildman–Crippen LogP) is 3.18. The molecule has 1 heterocycles. The van der Waals surface area contributed by atoms with Gasteiger partial charge < -0.3 is 25.5 Å². The lowest BCUT2D eigenvalue weighted by molar-refractivity contribution is -0.274. The number of fused-ring (bicyclic) bond motifs is 1. The molecule has 9 heteroatoms. The maximum atomic E-state index is 12.1. The van der Waals surface area contributed by atoms with Gasteiger partial charge in [0.25, 0.3) is 0 Å². The number of aromatic nitrogens is 2. The van der Waals surface area contributed by atoms with E-state index in [-0.39, 0.29) is 12.4 Å². The number of hydrogen-bond acceptors (Lipinski definition) is 5. The number of nitrogen functional groups attached to an aromatic ring is 2. The summed E-state index contributed by atoms with van der Waals surface area (Å²) in [6, 6.07) is 10.4. The number of halogens is 3. The van der Waals surface area contributed by atoms with Gasteiger partial charge in [0, 0.05) is 5.69 Å². The predicted molar refractivity (Wildman–Crippen MR) is 87.2 cm³/mol. The van der Waals surface area contributed by atoms with Gasteiger partial charge in [0.1, 0.15) is 18.1 Å². The Balaban J connectivity index is 1.63. The highest BCUT2D eigenvalue weighted by molar-refractivity contribution is 5.81. The Morgan fingerprint density at radius 3 is 2.36 bits per heavy atom. The largest absolute Gasteiger partial charge is 0.573 e. The lowest BCUT2D eigenvalue weighted by Gasteiger charge is -2.11. The number of hydrogen-bond donors (Lipinski definition) is 2. The summed E-state index contributed by atoms with van der Waals surface area (Å²) in [5.74, 6) is 0.440. The van der Waals surface area contributed by atoms with Gasteiger partial charge in [-0.3, -0.25) is 0 Å². The van der Waals surface area contributed by atoms with Crippen molar-refractivity contribution < 1.29 is 22.6 Å². The van der Waals surface area contributed by atoms with E-state index in [4.69, 9.17) is 16.2 Å². The van der Waals surface area contributed by atoms with E-state index in [1.54, 1.807) is 22.8 Å². The van der Waals surface area contributed by atoms with E-state index in [0.717, 1.165) is 11.0 Å². The molecule has 132 valence electrons. The van der Waals surface area contributed by atoms with E-state index in [1.807, 2.05) is 0 Å². The number of benzene rings is 2. The molecule has 0 unspecified atom stereocenters. The normalized spacial score (nSPS) is 11.6. The lowest BCUT2D eigenvalue weighted by Crippen LogP contribution is -2.17. The maximum Gasteiger partial charge on any atom is 0.573 e. The third-order valence-electron chi connectivity index (χ3n) is 3.44. The van der Waals surface area contributed by atoms with Crippen LogP contribution in [0.2, 0.25) is 0 Å². The molecule has 0 saturated heterocycles. The Kier molecular flexibility index (Phi) is 4.30. The fourth-order valence-electron chi connectivity index (χ4n) is 2.39. The van der Waals surface area contributed by atoms with Crippen LogP contribution < -0.4 is 20.9 Å². The van der Waals surface area contributed by atoms with Crippen molar-refractivity contribution in [3.8, 4) is 11.5 Å². The van der Waals surface area contributed by atoms with Crippen molar-refractivity contribution in [1.29, 1.82) is 0 Å². The van der Waals surface area contributed by atoms with Crippen LogP contribution in [0.1, 0.15) is 0 Å². The molecule has 25 heavy (non-hydrogen) atoms. The molecule has 0 aliphatic rings. The van der Waals surface area contributed by atoms with Crippen molar-refractivity contribution in [2.45, 2.75) is 12.9 Å². The van der Waals surface area contributed by atoms with Crippen LogP contribution >= 0.6 is 0 Å². The highest BCUT2D eigenvalue weighted by Gasteiger charge is 2.30. The van der Waals surface area contributed by atoms with Crippen molar-refractivity contribution in [3.05, 3.63) is 42.5 Å². The monoisotopic (exact) mass is 352 g/mol. The highest BCUT2D eigenvalue weighted by Crippen LogP contribution is 2.25. The second kappa shape index (κ2) is 6.42. The number of anilines is 2. The molecule has 2 aromatic carbocycles. The SMILES string of the molecule is Nc1ccc2nc(N)n(CCOc3ccc(OC(F)(F)F)cc3)c2c1. The lowest BCUT2D eigenvalue weighted by atomic mass is 10.3. The number of nitrogens with two attached hydrogens (primary N) is 2. The minimum Gasteiger partial charge on any atom is -0.492 e. The molecule has 6 nitrogen and oxygen atoms in total. The fraction of sp³-hybridized carbons (Fsp3) is 0.188. The van der Waals surface area contributed by atoms with Crippen LogP contribution in [-0.4, -0.2) is 22.5 Å². The molecule has 0 bridgehead atoms. The molecule has 3 aromatic rings. The van der Waals surface area contributed by atoms with Crippen molar-refractivity contribution in [2.24, 2.45) is 0 Å². The Hall–Kier alpha value is -3.10. The van der Waals surface area contributed by atoms with Crippen LogP contribution in [0.15, 0.2) is 42.5 Å². The van der Waals surface area contributed by atoms with Crippen LogP contribution in [0.25, 0.3) is 11.0 Å². The molecule has 4 N–H and O–H groups in total. The molecule has 0 saturated carbocycles. The number of ether oxygens (including phenoxy) is 2. The number of imidazole rings is 1. The smallest absolute Gasteiger partial charge is 0.492 e. The fourth-order valence-corrected chi connectivity index (χ4v) is 2.39. The molecule has 0 aliphatic heterocycles. The standard InChI is InChI=1S/C16H15F3N4O2/c17-16(18,19)25-12-4-2-11(3-5-12)24-8-7-23-14-9-10(20)1-6-13(14)22-15(23)21/h1-6,9H,7-8,20H2,(H2,21,22). The van der Waals surface area contributed by atoms with Crippen LogP contribution in [-0.2, 0) is 6.54 Å². The van der Waals surface area contributed by atoms with Gasteiger partial charge in [0.2, 0.25) is 5.95 Å². The van der Waals surface area contributed by atoms with E-state index < -0.39 is 6.36 Å². The molecule has 0 spiro atoms. The number of rotatable bonds is 5. The summed E-state index contributed by atoms with van der Waals surface area (Å²) in [6.07, 6.45) is -4.72. The van der Waals surface area contributed by atoms with Gasteiger partial charge in [-0.25, -0.2) is 4.98 Å². The van der Waals surface area contributed by atoms with E-state index in [0.29, 0.717) is 23.9 Å². The van der Waals surface area contributed by atoms with Gasteiger partial charge in [-0.1, -0.05) is 0 Å². The Labute approximate surface area is 140 Å². The summed E-state index contributed by atoms with van der Waals surface area (Å²) < 4.78 is 47.4. The van der Waals surface area contributed by atoms with E-state index in [1.165, 1.54) is 24.3 Å². The van der Waals surface area contributed by atoms with Crippen LogP contribution in [0.5, 0.6) is 11.5 Å². The first-order valence-electron chi connectivity index (χ1n) is 7.32. The zero-order valence-corrected chi connectivity index (χ0v) is 13.0. The Morgan fingerprint density at radius 1 is 1.00 bits per heavy atom. The van der Waals surface area contributed by atoms with E-state index in [9.17, 15) is 13.2 Å². The van der Waals surface area contributed by atoms with Crippen LogP contribution in [0.3, 0.4) is 0 Å². The topological polar surface area (TPSA) is 88.3 Å². The first kappa shape index (κ1) is 16.7. The first-order chi connectivity index (χ1) is 11.8. The molecular formula is C16H15F3N4O2. The van der Waals surface area contributed by atoms with Gasteiger partial charge in [0.15, 0.2) is 0 Å². The summed E-state index contributed by atoms with van der Waals surface area (Å²) in [5, 5.41) is 0. The van der Waals surface area contributed by atoms with Crippen molar-refractivity contribution in [1.82, 2.24) is 9.55 Å². The molecule has 3 rings (SSSR count). The summed E-state index contributed by atoms with van der Waals surface area (Å²) in [7, 11) is 0. The van der Waals surface area contributed by atoms with Crippen molar-refractivity contribution >= 4 is 22.7 Å². The summed E-state index contributed by atoms with van der Waals surface area (Å²) in [5.41, 5.74) is 13.8. The Morgan fingerprint density at radius 2 is 1.68 bits per heavy atom. The number of alkyl halides is 3. The van der Waals surface area contributed by atoms with Gasteiger partial charge in [-0.2, -0.15) is 0 Å². The number of nitrogens with zero attached hydrogens (tertiary/aromatic N) is 2. The van der Waals surface area contributed by atoms with Gasteiger partial charge in [0.05, 0.1) is 17.6 Å². The van der Waals surface area contributed by atoms with E-state index >= 15 is 0 Å². The zero-order chi connectivity index (χ0) is 18.0. The third kappa shape index (κ3) is 4.06. The molecule has 0 amide bonds. The maximum absolute atomic E-state index is 12.1. The summed E-state index contributed by atoms with van der Waals surface area (Å²) in [4.78, 5) is 4.23. The highest BCUT2D eigenvalue weighted by atomic mass is 19.4. The van der Waals surface area contributed by atoms with Gasteiger partial charge >= 0.3 is 6.36 Å². The van der Waals surface area contributed by atoms with Gasteiger partial charge in [-0.05, 0) is 42.5 Å². The molecule has 0 fully saturated rings. The van der Waals surface area contributed by atoms with Crippen molar-refractivity contribution in [2.75, 3.05) is 18.1 Å². The van der Waals surface area contributed by atoms with Crippen molar-refractivity contribution in [3.63, 3.8) is 0 Å². The first-order valence-corrected chi connectivity index (χ1v) is 7.32. The van der Waals surface area contributed by atoms with Crippen LogP contribution in [0, 0.1) is 0 Å². The molecular weight excluding hydrogens is 337 g/mol. The molecule has 0 radical (unpaired) electrons. The average molecular weight is 352 g/mol. The summed E-state index contributed by atoms with van der Waals surface area (Å²) in [6.45, 7) is 0.663. The van der Waals surface area contributed by atoms with Crippen LogP contribution in [0.4, 0.5) is 24.8 Å². The minimum absolute atomic E-state index is 0.254. The Bertz CT molecular complexity index is 875. The second-order valence-electron chi connectivity index (χ2n) is 5.24. The minimum atomic E-state index is -4.72. The zero-order valence-electron chi connectivity index (χ0n) is 13.0. The quantitative estimate of drug-likeness (QED) is 0.689. The summed E-state index contributed by atoms with van der Waals surface area (Å²) >= 11 is 0. The molecule has 0 atom stereocenters. The average Bonchev–Trinajstić information content (AvgIpc) is 2.83.